The van der Waals surface area contributed by atoms with Gasteiger partial charge in [-0.05, 0) is 19.9 Å². The van der Waals surface area contributed by atoms with E-state index in [0.29, 0.717) is 6.10 Å². The van der Waals surface area contributed by atoms with Crippen LogP contribution in [0.3, 0.4) is 0 Å². The van der Waals surface area contributed by atoms with Gasteiger partial charge in [0.15, 0.2) is 0 Å². The zero-order valence-electron chi connectivity index (χ0n) is 9.86. The smallest absolute Gasteiger partial charge is 0.309 e. The maximum atomic E-state index is 11.2. The maximum Gasteiger partial charge on any atom is 0.309 e. The molecule has 2 atom stereocenters. The lowest BCUT2D eigenvalue weighted by Gasteiger charge is -2.22. The molecule has 1 rings (SSSR count). The van der Waals surface area contributed by atoms with Crippen LogP contribution in [0, 0.1) is 5.92 Å². The van der Waals surface area contributed by atoms with Gasteiger partial charge in [-0.15, -0.1) is 0 Å². The van der Waals surface area contributed by atoms with Crippen molar-refractivity contribution in [1.82, 2.24) is 4.90 Å². The lowest BCUT2D eigenvalue weighted by atomic mass is 10.1. The van der Waals surface area contributed by atoms with Crippen LogP contribution < -0.4 is 0 Å². The summed E-state index contributed by atoms with van der Waals surface area (Å²) < 4.78 is 10.2. The van der Waals surface area contributed by atoms with E-state index >= 15 is 0 Å². The summed E-state index contributed by atoms with van der Waals surface area (Å²) in [7, 11) is 3.44. The number of nitrogens with zero attached hydrogens (tertiary/aromatic N) is 1. The van der Waals surface area contributed by atoms with Gasteiger partial charge in [0.2, 0.25) is 0 Å². The Kier molecular flexibility index (Phi) is 5.05. The summed E-state index contributed by atoms with van der Waals surface area (Å²) in [4.78, 5) is 13.3. The van der Waals surface area contributed by atoms with Gasteiger partial charge in [-0.1, -0.05) is 6.92 Å². The number of rotatable bonds is 5. The molecule has 0 amide bonds. The molecule has 0 aromatic carbocycles. The number of hydrogen-bond acceptors (Lipinski definition) is 4. The Morgan fingerprint density at radius 3 is 2.93 bits per heavy atom. The molecular formula is C11H21NO3. The van der Waals surface area contributed by atoms with Crippen molar-refractivity contribution in [1.29, 1.82) is 0 Å². The molecule has 1 saturated heterocycles. The lowest BCUT2D eigenvalue weighted by molar-refractivity contribution is -0.145. The molecule has 2 unspecified atom stereocenters. The van der Waals surface area contributed by atoms with E-state index in [4.69, 9.17) is 4.74 Å². The molecule has 4 nitrogen and oxygen atoms in total. The van der Waals surface area contributed by atoms with Gasteiger partial charge in [0, 0.05) is 19.7 Å². The summed E-state index contributed by atoms with van der Waals surface area (Å²) >= 11 is 0. The first-order chi connectivity index (χ1) is 7.13. The lowest BCUT2D eigenvalue weighted by Crippen LogP contribution is -2.34. The second-order valence-corrected chi connectivity index (χ2v) is 4.28. The van der Waals surface area contributed by atoms with Crippen LogP contribution in [0.1, 0.15) is 19.8 Å². The highest BCUT2D eigenvalue weighted by Gasteiger charge is 2.20. The van der Waals surface area contributed by atoms with Crippen LogP contribution in [-0.4, -0.2) is 50.8 Å². The van der Waals surface area contributed by atoms with Crippen molar-refractivity contribution in [3.8, 4) is 0 Å². The number of methoxy groups -OCH3 is 1. The van der Waals surface area contributed by atoms with E-state index in [1.165, 1.54) is 7.11 Å². The fraction of sp³-hybridized carbons (Fsp3) is 0.909. The van der Waals surface area contributed by atoms with Crippen LogP contribution >= 0.6 is 0 Å². The summed E-state index contributed by atoms with van der Waals surface area (Å²) in [6.45, 7) is 4.40. The minimum Gasteiger partial charge on any atom is -0.469 e. The molecule has 0 aliphatic carbocycles. The number of ether oxygens (including phenoxy) is 2. The molecule has 0 bridgehead atoms. The molecule has 1 fully saturated rings. The van der Waals surface area contributed by atoms with Crippen LogP contribution in [0.25, 0.3) is 0 Å². The van der Waals surface area contributed by atoms with E-state index in [0.717, 1.165) is 32.5 Å². The third kappa shape index (κ3) is 4.18. The molecule has 0 spiro atoms. The number of hydrogen-bond donors (Lipinski definition) is 0. The Morgan fingerprint density at radius 1 is 1.67 bits per heavy atom. The molecule has 0 radical (unpaired) electrons. The van der Waals surface area contributed by atoms with Gasteiger partial charge in [0.05, 0.1) is 19.1 Å². The number of carbonyl (C=O) groups is 1. The highest BCUT2D eigenvalue weighted by atomic mass is 16.5. The summed E-state index contributed by atoms with van der Waals surface area (Å²) in [5.41, 5.74) is 0. The molecule has 0 N–H and O–H groups in total. The van der Waals surface area contributed by atoms with Crippen molar-refractivity contribution in [2.45, 2.75) is 25.9 Å². The van der Waals surface area contributed by atoms with E-state index in [-0.39, 0.29) is 11.9 Å². The molecule has 0 saturated carbocycles. The average molecular weight is 215 g/mol. The topological polar surface area (TPSA) is 38.8 Å². The Balaban J connectivity index is 2.22. The van der Waals surface area contributed by atoms with E-state index < -0.39 is 0 Å². The average Bonchev–Trinajstić information content (AvgIpc) is 2.68. The molecule has 1 heterocycles. The van der Waals surface area contributed by atoms with Crippen molar-refractivity contribution in [2.24, 2.45) is 5.92 Å². The van der Waals surface area contributed by atoms with Crippen molar-refractivity contribution in [3.05, 3.63) is 0 Å². The van der Waals surface area contributed by atoms with Gasteiger partial charge in [0.1, 0.15) is 0 Å². The first kappa shape index (κ1) is 12.5. The van der Waals surface area contributed by atoms with E-state index in [2.05, 4.69) is 9.64 Å². The van der Waals surface area contributed by atoms with Crippen LogP contribution in [0.4, 0.5) is 0 Å². The quantitative estimate of drug-likeness (QED) is 0.639. The number of likely N-dealkylation sites (N-methyl/N-ethyl adjacent to an activating group) is 1. The summed E-state index contributed by atoms with van der Waals surface area (Å²) in [5, 5.41) is 0. The second-order valence-electron chi connectivity index (χ2n) is 4.28. The van der Waals surface area contributed by atoms with Crippen molar-refractivity contribution in [3.63, 3.8) is 0 Å². The first-order valence-electron chi connectivity index (χ1n) is 5.51. The molecule has 0 aromatic heterocycles. The SMILES string of the molecule is COC(=O)C(C)CN(C)CC1CCCO1. The van der Waals surface area contributed by atoms with E-state index in [1.807, 2.05) is 14.0 Å². The van der Waals surface area contributed by atoms with Crippen LogP contribution in [0.15, 0.2) is 0 Å². The summed E-state index contributed by atoms with van der Waals surface area (Å²) in [6, 6.07) is 0. The largest absolute Gasteiger partial charge is 0.469 e. The number of esters is 1. The molecule has 1 aliphatic heterocycles. The van der Waals surface area contributed by atoms with E-state index in [1.54, 1.807) is 0 Å². The zero-order chi connectivity index (χ0) is 11.3. The predicted octanol–water partition coefficient (Wildman–Crippen LogP) is 0.906. The molecule has 4 heteroatoms. The van der Waals surface area contributed by atoms with E-state index in [9.17, 15) is 4.79 Å². The van der Waals surface area contributed by atoms with Gasteiger partial charge in [0.25, 0.3) is 0 Å². The van der Waals surface area contributed by atoms with Crippen LogP contribution in [0.5, 0.6) is 0 Å². The highest BCUT2D eigenvalue weighted by molar-refractivity contribution is 5.71. The fourth-order valence-corrected chi connectivity index (χ4v) is 1.95. The Hall–Kier alpha value is -0.610. The molecule has 15 heavy (non-hydrogen) atoms. The third-order valence-corrected chi connectivity index (χ3v) is 2.73. The summed E-state index contributed by atoms with van der Waals surface area (Å²) in [5.74, 6) is -0.212. The zero-order valence-corrected chi connectivity index (χ0v) is 9.86. The maximum absolute atomic E-state index is 11.2. The second kappa shape index (κ2) is 6.08. The monoisotopic (exact) mass is 215 g/mol. The normalized spacial score (nSPS) is 23.1. The minimum atomic E-state index is -0.144. The predicted molar refractivity (Wildman–Crippen MR) is 57.7 cm³/mol. The van der Waals surface area contributed by atoms with Crippen molar-refractivity contribution in [2.75, 3.05) is 33.9 Å². The number of carbonyl (C=O) groups excluding carboxylic acids is 1. The Bertz CT molecular complexity index is 202. The van der Waals surface area contributed by atoms with Crippen LogP contribution in [-0.2, 0) is 14.3 Å². The van der Waals surface area contributed by atoms with Crippen LogP contribution in [0.2, 0.25) is 0 Å². The minimum absolute atomic E-state index is 0.0681. The fourth-order valence-electron chi connectivity index (χ4n) is 1.95. The third-order valence-electron chi connectivity index (χ3n) is 2.73. The van der Waals surface area contributed by atoms with Gasteiger partial charge in [-0.2, -0.15) is 0 Å². The van der Waals surface area contributed by atoms with Crippen molar-refractivity contribution >= 4 is 5.97 Å². The Morgan fingerprint density at radius 2 is 2.40 bits per heavy atom. The van der Waals surface area contributed by atoms with Gasteiger partial charge in [-0.25, -0.2) is 0 Å². The summed E-state index contributed by atoms with van der Waals surface area (Å²) in [6.07, 6.45) is 2.64. The van der Waals surface area contributed by atoms with Crippen molar-refractivity contribution < 1.29 is 14.3 Å². The van der Waals surface area contributed by atoms with Gasteiger partial charge < -0.3 is 14.4 Å². The molecule has 1 aliphatic rings. The Labute approximate surface area is 91.5 Å². The first-order valence-corrected chi connectivity index (χ1v) is 5.51. The van der Waals surface area contributed by atoms with Gasteiger partial charge >= 0.3 is 5.97 Å². The highest BCUT2D eigenvalue weighted by Crippen LogP contribution is 2.13. The van der Waals surface area contributed by atoms with Gasteiger partial charge in [-0.3, -0.25) is 4.79 Å². The molecule has 0 aromatic rings. The molecule has 88 valence electrons. The standard InChI is InChI=1S/C11H21NO3/c1-9(11(13)14-3)7-12(2)8-10-5-4-6-15-10/h9-10H,4-8H2,1-3H3. The molecular weight excluding hydrogens is 194 g/mol.